The van der Waals surface area contributed by atoms with Crippen molar-refractivity contribution in [2.45, 2.75) is 53.0 Å². The molecule has 1 atom stereocenters. The molecule has 0 aromatic heterocycles. The number of hydrogen-bond acceptors (Lipinski definition) is 3. The van der Waals surface area contributed by atoms with E-state index in [1.54, 1.807) is 0 Å². The predicted molar refractivity (Wildman–Crippen MR) is 59.6 cm³/mol. The van der Waals surface area contributed by atoms with Crippen LogP contribution in [0, 0.1) is 0 Å². The number of hydrogen-bond donors (Lipinski definition) is 2. The van der Waals surface area contributed by atoms with E-state index < -0.39 is 0 Å². The molecule has 3 nitrogen and oxygen atoms in total. The minimum Gasteiger partial charge on any atom is -0.330 e. The topological polar surface area (TPSA) is 69.1 Å². The fourth-order valence-electron chi connectivity index (χ4n) is 0.592. The van der Waals surface area contributed by atoms with Crippen molar-refractivity contribution in [1.29, 1.82) is 0 Å². The number of carbonyl (C=O) groups excluding carboxylic acids is 1. The summed E-state index contributed by atoms with van der Waals surface area (Å²) in [4.78, 5) is 9.94. The molecular formula is C10H26N2O. The number of unbranched alkanes of at least 4 members (excludes halogenated alkanes) is 1. The lowest BCUT2D eigenvalue weighted by Gasteiger charge is -2.00. The van der Waals surface area contributed by atoms with E-state index in [0.29, 0.717) is 6.54 Å². The molecule has 0 saturated carbocycles. The first-order valence-corrected chi connectivity index (χ1v) is 5.22. The van der Waals surface area contributed by atoms with Crippen LogP contribution in [0.1, 0.15) is 47.0 Å². The molecular weight excluding hydrogens is 164 g/mol. The van der Waals surface area contributed by atoms with Crippen molar-refractivity contribution in [2.75, 3.05) is 6.54 Å². The van der Waals surface area contributed by atoms with Gasteiger partial charge in [0, 0.05) is 0 Å². The van der Waals surface area contributed by atoms with Crippen molar-refractivity contribution < 1.29 is 4.79 Å². The molecule has 0 heterocycles. The van der Waals surface area contributed by atoms with Crippen LogP contribution in [0.5, 0.6) is 0 Å². The van der Waals surface area contributed by atoms with Gasteiger partial charge in [0.15, 0.2) is 0 Å². The lowest BCUT2D eigenvalue weighted by molar-refractivity contribution is -0.109. The molecule has 82 valence electrons. The molecule has 0 bridgehead atoms. The Bertz CT molecular complexity index is 77.3. The van der Waals surface area contributed by atoms with E-state index in [1.807, 2.05) is 27.7 Å². The van der Waals surface area contributed by atoms with Gasteiger partial charge < -0.3 is 16.3 Å². The van der Waals surface area contributed by atoms with Crippen molar-refractivity contribution in [3.8, 4) is 0 Å². The van der Waals surface area contributed by atoms with Crippen LogP contribution >= 0.6 is 0 Å². The second-order valence-corrected chi connectivity index (χ2v) is 2.08. The molecule has 0 aliphatic carbocycles. The van der Waals surface area contributed by atoms with E-state index in [4.69, 9.17) is 11.5 Å². The molecule has 0 aliphatic heterocycles. The smallest absolute Gasteiger partial charge is 0.136 e. The van der Waals surface area contributed by atoms with E-state index in [2.05, 4.69) is 0 Å². The van der Waals surface area contributed by atoms with Gasteiger partial charge in [-0.25, -0.2) is 0 Å². The number of aldehydes is 1. The van der Waals surface area contributed by atoms with E-state index >= 15 is 0 Å². The maximum atomic E-state index is 9.94. The molecule has 0 aromatic carbocycles. The van der Waals surface area contributed by atoms with Gasteiger partial charge in [0.1, 0.15) is 6.29 Å². The van der Waals surface area contributed by atoms with E-state index in [9.17, 15) is 4.79 Å². The molecule has 0 radical (unpaired) electrons. The maximum absolute atomic E-state index is 9.94. The van der Waals surface area contributed by atoms with Gasteiger partial charge in [0.05, 0.1) is 6.04 Å². The Morgan fingerprint density at radius 2 is 1.62 bits per heavy atom. The third kappa shape index (κ3) is 24.5. The number of nitrogens with two attached hydrogens (primary N) is 2. The molecule has 0 spiro atoms. The monoisotopic (exact) mass is 190 g/mol. The summed E-state index contributed by atoms with van der Waals surface area (Å²) in [5.74, 6) is 0. The van der Waals surface area contributed by atoms with Gasteiger partial charge in [-0.3, -0.25) is 0 Å². The highest BCUT2D eigenvalue weighted by Gasteiger charge is 1.96. The van der Waals surface area contributed by atoms with Crippen molar-refractivity contribution in [3.05, 3.63) is 0 Å². The van der Waals surface area contributed by atoms with Crippen LogP contribution in [0.3, 0.4) is 0 Å². The van der Waals surface area contributed by atoms with Crippen molar-refractivity contribution >= 4 is 6.29 Å². The SMILES string of the molecule is CC.CC.NCCCCC(N)C=O. The van der Waals surface area contributed by atoms with Crippen LogP contribution in [0.4, 0.5) is 0 Å². The minimum atomic E-state index is -0.281. The zero-order chi connectivity index (χ0) is 11.1. The molecule has 0 rings (SSSR count). The summed E-state index contributed by atoms with van der Waals surface area (Å²) < 4.78 is 0. The quantitative estimate of drug-likeness (QED) is 0.512. The van der Waals surface area contributed by atoms with Gasteiger partial charge in [-0.1, -0.05) is 34.1 Å². The highest BCUT2D eigenvalue weighted by molar-refractivity contribution is 5.56. The molecule has 0 aliphatic rings. The van der Waals surface area contributed by atoms with Crippen LogP contribution < -0.4 is 11.5 Å². The third-order valence-corrected chi connectivity index (χ3v) is 1.17. The van der Waals surface area contributed by atoms with Crippen molar-refractivity contribution in [3.63, 3.8) is 0 Å². The fourth-order valence-corrected chi connectivity index (χ4v) is 0.592. The summed E-state index contributed by atoms with van der Waals surface area (Å²) >= 11 is 0. The van der Waals surface area contributed by atoms with Crippen LogP contribution in [0.15, 0.2) is 0 Å². The zero-order valence-electron chi connectivity index (χ0n) is 9.55. The van der Waals surface area contributed by atoms with Crippen molar-refractivity contribution in [2.24, 2.45) is 11.5 Å². The molecule has 4 N–H and O–H groups in total. The fraction of sp³-hybridized carbons (Fsp3) is 0.900. The number of rotatable bonds is 5. The first-order chi connectivity index (χ1) is 6.31. The standard InChI is InChI=1S/C6H14N2O.2C2H6/c7-4-2-1-3-6(8)5-9;2*1-2/h5-6H,1-4,7-8H2;2*1-2H3. The Kier molecular flexibility index (Phi) is 31.9. The van der Waals surface area contributed by atoms with E-state index in [1.165, 1.54) is 0 Å². The molecule has 0 amide bonds. The second kappa shape index (κ2) is 22.6. The normalized spacial score (nSPS) is 10.0. The Balaban J connectivity index is -0.000000218. The van der Waals surface area contributed by atoms with E-state index in [-0.39, 0.29) is 6.04 Å². The summed E-state index contributed by atoms with van der Waals surface area (Å²) in [6.45, 7) is 8.69. The van der Waals surface area contributed by atoms with Gasteiger partial charge in [-0.2, -0.15) is 0 Å². The summed E-state index contributed by atoms with van der Waals surface area (Å²) in [7, 11) is 0. The maximum Gasteiger partial charge on any atom is 0.136 e. The average Bonchev–Trinajstić information content (AvgIpc) is 2.24. The van der Waals surface area contributed by atoms with Gasteiger partial charge >= 0.3 is 0 Å². The van der Waals surface area contributed by atoms with Crippen LogP contribution in [0.25, 0.3) is 0 Å². The summed E-state index contributed by atoms with van der Waals surface area (Å²) in [5, 5.41) is 0. The molecule has 0 fully saturated rings. The highest BCUT2D eigenvalue weighted by atomic mass is 16.1. The molecule has 3 heteroatoms. The lowest BCUT2D eigenvalue weighted by atomic mass is 10.1. The Hall–Kier alpha value is -0.410. The zero-order valence-corrected chi connectivity index (χ0v) is 9.55. The largest absolute Gasteiger partial charge is 0.330 e. The summed E-state index contributed by atoms with van der Waals surface area (Å²) in [6, 6.07) is -0.281. The Morgan fingerprint density at radius 1 is 1.15 bits per heavy atom. The third-order valence-electron chi connectivity index (χ3n) is 1.17. The summed E-state index contributed by atoms with van der Waals surface area (Å²) in [5.41, 5.74) is 10.5. The van der Waals surface area contributed by atoms with E-state index in [0.717, 1.165) is 25.5 Å². The first kappa shape index (κ1) is 18.4. The lowest BCUT2D eigenvalue weighted by Crippen LogP contribution is -2.21. The Morgan fingerprint density at radius 3 is 1.92 bits per heavy atom. The predicted octanol–water partition coefficient (Wildman–Crippen LogP) is 1.69. The second-order valence-electron chi connectivity index (χ2n) is 2.08. The minimum absolute atomic E-state index is 0.281. The average molecular weight is 190 g/mol. The van der Waals surface area contributed by atoms with Crippen LogP contribution in [0.2, 0.25) is 0 Å². The summed E-state index contributed by atoms with van der Waals surface area (Å²) in [6.07, 6.45) is 3.45. The van der Waals surface area contributed by atoms with Gasteiger partial charge in [-0.15, -0.1) is 0 Å². The van der Waals surface area contributed by atoms with Gasteiger partial charge in [-0.05, 0) is 19.4 Å². The van der Waals surface area contributed by atoms with Crippen LogP contribution in [-0.2, 0) is 4.79 Å². The Labute approximate surface area is 82.9 Å². The molecule has 1 unspecified atom stereocenters. The van der Waals surface area contributed by atoms with Gasteiger partial charge in [0.25, 0.3) is 0 Å². The van der Waals surface area contributed by atoms with Gasteiger partial charge in [0.2, 0.25) is 0 Å². The molecule has 0 saturated heterocycles. The first-order valence-electron chi connectivity index (χ1n) is 5.22. The van der Waals surface area contributed by atoms with Crippen molar-refractivity contribution in [1.82, 2.24) is 0 Å². The molecule has 0 aromatic rings. The molecule has 13 heavy (non-hydrogen) atoms. The highest BCUT2D eigenvalue weighted by Crippen LogP contribution is 1.94. The number of carbonyl (C=O) groups is 1. The van der Waals surface area contributed by atoms with Crippen LogP contribution in [-0.4, -0.2) is 18.9 Å².